The summed E-state index contributed by atoms with van der Waals surface area (Å²) in [6, 6.07) is 0. The molecule has 2 heteroatoms. The minimum atomic E-state index is 0.437. The minimum absolute atomic E-state index is 0.437. The van der Waals surface area contributed by atoms with Crippen molar-refractivity contribution in [1.29, 1.82) is 0 Å². The zero-order valence-electron chi connectivity index (χ0n) is 7.83. The van der Waals surface area contributed by atoms with Crippen LogP contribution in [0.15, 0.2) is 0 Å². The van der Waals surface area contributed by atoms with Crippen molar-refractivity contribution in [2.45, 2.75) is 30.9 Å². The van der Waals surface area contributed by atoms with Gasteiger partial charge in [-0.25, -0.2) is 0 Å². The summed E-state index contributed by atoms with van der Waals surface area (Å²) in [4.78, 5) is 2.60. The number of rotatable bonds is 2. The van der Waals surface area contributed by atoms with Crippen molar-refractivity contribution in [1.82, 2.24) is 4.90 Å². The Morgan fingerprint density at radius 3 is 2.92 bits per heavy atom. The summed E-state index contributed by atoms with van der Waals surface area (Å²) >= 11 is 0. The summed E-state index contributed by atoms with van der Waals surface area (Å²) in [5.41, 5.74) is 0.583. The third kappa shape index (κ3) is 0.820. The van der Waals surface area contributed by atoms with Crippen LogP contribution in [0.3, 0.4) is 0 Å². The van der Waals surface area contributed by atoms with E-state index in [1.54, 1.807) is 0 Å². The van der Waals surface area contributed by atoms with Crippen molar-refractivity contribution in [3.05, 3.63) is 0 Å². The van der Waals surface area contributed by atoms with Crippen molar-refractivity contribution in [3.63, 3.8) is 0 Å². The van der Waals surface area contributed by atoms with Crippen LogP contribution in [0.25, 0.3) is 0 Å². The van der Waals surface area contributed by atoms with Gasteiger partial charge in [-0.15, -0.1) is 6.42 Å². The molecule has 3 unspecified atom stereocenters. The highest BCUT2D eigenvalue weighted by molar-refractivity contribution is 5.18. The second-order valence-electron chi connectivity index (χ2n) is 4.50. The van der Waals surface area contributed by atoms with Crippen molar-refractivity contribution in [3.8, 4) is 12.3 Å². The van der Waals surface area contributed by atoms with Crippen LogP contribution in [0.1, 0.15) is 19.3 Å². The lowest BCUT2D eigenvalue weighted by molar-refractivity contribution is -0.0803. The fourth-order valence-corrected chi connectivity index (χ4v) is 3.38. The Kier molecular flexibility index (Phi) is 1.51. The van der Waals surface area contributed by atoms with E-state index in [-0.39, 0.29) is 0 Å². The average Bonchev–Trinajstić information content (AvgIpc) is 2.17. The maximum Gasteiger partial charge on any atom is 0.107 e. The van der Waals surface area contributed by atoms with Crippen LogP contribution in [-0.4, -0.2) is 36.2 Å². The molecule has 1 spiro atoms. The lowest BCUT2D eigenvalue weighted by atomic mass is 9.61. The number of nitrogens with zero attached hydrogens (tertiary/aromatic N) is 1. The van der Waals surface area contributed by atoms with Crippen LogP contribution in [-0.2, 0) is 4.74 Å². The predicted octanol–water partition coefficient (Wildman–Crippen LogP) is 0.873. The Labute approximate surface area is 79.2 Å². The van der Waals surface area contributed by atoms with Gasteiger partial charge in [-0.1, -0.05) is 5.92 Å². The van der Waals surface area contributed by atoms with E-state index in [1.807, 2.05) is 0 Å². The van der Waals surface area contributed by atoms with E-state index in [0.717, 1.165) is 12.5 Å². The largest absolute Gasteiger partial charge is 0.364 e. The molecule has 1 aliphatic carbocycles. The van der Waals surface area contributed by atoms with Gasteiger partial charge >= 0.3 is 0 Å². The fourth-order valence-electron chi connectivity index (χ4n) is 3.38. The Morgan fingerprint density at radius 2 is 2.46 bits per heavy atom. The molecule has 1 saturated carbocycles. The third-order valence-electron chi connectivity index (χ3n) is 4.25. The van der Waals surface area contributed by atoms with E-state index in [0.29, 0.717) is 18.2 Å². The summed E-state index contributed by atoms with van der Waals surface area (Å²) in [5.74, 6) is 3.36. The highest BCUT2D eigenvalue weighted by Crippen LogP contribution is 2.57. The lowest BCUT2D eigenvalue weighted by Gasteiger charge is -2.58. The maximum absolute atomic E-state index is 5.68. The number of hydrogen-bond acceptors (Lipinski definition) is 2. The van der Waals surface area contributed by atoms with E-state index < -0.39 is 0 Å². The minimum Gasteiger partial charge on any atom is -0.364 e. The molecule has 0 aromatic carbocycles. The molecular formula is C11H15NO. The molecule has 3 atom stereocenters. The number of terminal acetylenes is 1. The van der Waals surface area contributed by atoms with E-state index >= 15 is 0 Å². The van der Waals surface area contributed by atoms with Gasteiger partial charge in [-0.2, -0.15) is 0 Å². The summed E-state index contributed by atoms with van der Waals surface area (Å²) in [5, 5.41) is 0. The number of ether oxygens (including phenoxy) is 1. The Hall–Kier alpha value is -0.520. The quantitative estimate of drug-likeness (QED) is 0.580. The predicted molar refractivity (Wildman–Crippen MR) is 50.2 cm³/mol. The van der Waals surface area contributed by atoms with Gasteiger partial charge in [0.2, 0.25) is 0 Å². The Bertz CT molecular complexity index is 266. The van der Waals surface area contributed by atoms with Gasteiger partial charge in [0.1, 0.15) is 6.61 Å². The van der Waals surface area contributed by atoms with Gasteiger partial charge in [0, 0.05) is 24.5 Å². The topological polar surface area (TPSA) is 12.5 Å². The van der Waals surface area contributed by atoms with Gasteiger partial charge in [-0.3, -0.25) is 4.90 Å². The Balaban J connectivity index is 1.70. The van der Waals surface area contributed by atoms with E-state index in [9.17, 15) is 0 Å². The highest BCUT2D eigenvalue weighted by atomic mass is 16.5. The zero-order valence-corrected chi connectivity index (χ0v) is 7.83. The molecule has 0 aromatic heterocycles. The molecule has 3 aliphatic rings. The molecule has 0 aromatic rings. The second-order valence-corrected chi connectivity index (χ2v) is 4.50. The summed E-state index contributed by atoms with van der Waals surface area (Å²) < 4.78 is 5.68. The van der Waals surface area contributed by atoms with Crippen molar-refractivity contribution in [2.75, 3.05) is 19.7 Å². The van der Waals surface area contributed by atoms with Crippen molar-refractivity contribution in [2.24, 2.45) is 5.92 Å². The molecule has 3 rings (SSSR count). The zero-order chi connectivity index (χ0) is 8.89. The van der Waals surface area contributed by atoms with Crippen molar-refractivity contribution >= 4 is 0 Å². The highest BCUT2D eigenvalue weighted by Gasteiger charge is 2.63. The molecule has 0 bridgehead atoms. The first-order valence-corrected chi connectivity index (χ1v) is 5.17. The molecule has 2 heterocycles. The molecule has 2 saturated heterocycles. The molecule has 3 fully saturated rings. The smallest absolute Gasteiger partial charge is 0.107 e. The standard InChI is InChI=1S/C11H15NO/c1-2-7-13-10-8-12-6-5-11(12)4-3-9(10)11/h1,9-10H,3-8H2. The maximum atomic E-state index is 5.68. The van der Waals surface area contributed by atoms with Crippen LogP contribution >= 0.6 is 0 Å². The molecule has 0 N–H and O–H groups in total. The average molecular weight is 177 g/mol. The monoisotopic (exact) mass is 177 g/mol. The summed E-state index contributed by atoms with van der Waals surface area (Å²) in [6.07, 6.45) is 9.78. The van der Waals surface area contributed by atoms with E-state index in [4.69, 9.17) is 11.2 Å². The fraction of sp³-hybridized carbons (Fsp3) is 0.818. The first kappa shape index (κ1) is 7.84. The van der Waals surface area contributed by atoms with Gasteiger partial charge in [0.25, 0.3) is 0 Å². The van der Waals surface area contributed by atoms with E-state index in [1.165, 1.54) is 25.8 Å². The third-order valence-corrected chi connectivity index (χ3v) is 4.25. The lowest BCUT2D eigenvalue weighted by Crippen LogP contribution is -2.63. The molecule has 2 aliphatic heterocycles. The first-order chi connectivity index (χ1) is 6.37. The van der Waals surface area contributed by atoms with Crippen LogP contribution in [0.4, 0.5) is 0 Å². The van der Waals surface area contributed by atoms with Crippen LogP contribution in [0.2, 0.25) is 0 Å². The molecule has 70 valence electrons. The molecule has 2 nitrogen and oxygen atoms in total. The molecule has 0 amide bonds. The van der Waals surface area contributed by atoms with Crippen LogP contribution < -0.4 is 0 Å². The van der Waals surface area contributed by atoms with Gasteiger partial charge in [0.05, 0.1) is 6.10 Å². The van der Waals surface area contributed by atoms with Gasteiger partial charge in [0.15, 0.2) is 0 Å². The molecule has 13 heavy (non-hydrogen) atoms. The number of hydrogen-bond donors (Lipinski definition) is 0. The second kappa shape index (κ2) is 2.50. The van der Waals surface area contributed by atoms with E-state index in [2.05, 4.69) is 10.8 Å². The normalized spacial score (nSPS) is 47.0. The van der Waals surface area contributed by atoms with Gasteiger partial charge < -0.3 is 4.74 Å². The van der Waals surface area contributed by atoms with Crippen molar-refractivity contribution < 1.29 is 4.74 Å². The van der Waals surface area contributed by atoms with Gasteiger partial charge in [-0.05, 0) is 19.3 Å². The molecular weight excluding hydrogens is 162 g/mol. The summed E-state index contributed by atoms with van der Waals surface area (Å²) in [6.45, 7) is 2.91. The first-order valence-electron chi connectivity index (χ1n) is 5.17. The molecule has 0 radical (unpaired) electrons. The van der Waals surface area contributed by atoms with Crippen LogP contribution in [0, 0.1) is 18.3 Å². The SMILES string of the molecule is C#CCOC1CN2CCC23CCC13. The summed E-state index contributed by atoms with van der Waals surface area (Å²) in [7, 11) is 0. The Morgan fingerprint density at radius 1 is 1.54 bits per heavy atom. The van der Waals surface area contributed by atoms with Crippen LogP contribution in [0.5, 0.6) is 0 Å².